The van der Waals surface area contributed by atoms with E-state index in [9.17, 15) is 4.79 Å². The Morgan fingerprint density at radius 2 is 1.94 bits per heavy atom. The van der Waals surface area contributed by atoms with Gasteiger partial charge in [-0.1, -0.05) is 25.4 Å². The summed E-state index contributed by atoms with van der Waals surface area (Å²) in [6, 6.07) is 3.51. The molecule has 100 valence electrons. The van der Waals surface area contributed by atoms with Gasteiger partial charge in [0.15, 0.2) is 0 Å². The molecule has 18 heavy (non-hydrogen) atoms. The number of carbonyl (C=O) groups excluding carboxylic acids is 1. The second-order valence-corrected chi connectivity index (χ2v) is 6.48. The average molecular weight is 288 g/mol. The third-order valence-electron chi connectivity index (χ3n) is 2.06. The summed E-state index contributed by atoms with van der Waals surface area (Å²) in [4.78, 5) is 12.8. The smallest absolute Gasteiger partial charge is 0.342 e. The Balaban J connectivity index is 3.13. The minimum absolute atomic E-state index is 0.200. The molecule has 0 spiro atoms. The number of nitrogen functional groups attached to an aromatic ring is 1. The van der Waals surface area contributed by atoms with E-state index in [1.54, 1.807) is 31.7 Å². The highest BCUT2D eigenvalue weighted by Gasteiger charge is 2.20. The molecule has 0 fully saturated rings. The second kappa shape index (κ2) is 6.34. The maximum Gasteiger partial charge on any atom is 0.342 e. The quantitative estimate of drug-likeness (QED) is 0.517. The van der Waals surface area contributed by atoms with Gasteiger partial charge in [-0.05, 0) is 26.0 Å². The minimum Gasteiger partial charge on any atom is -0.459 e. The molecule has 0 saturated heterocycles. The number of benzene rings is 1. The molecule has 0 aliphatic carbocycles. The lowest BCUT2D eigenvalue weighted by Crippen LogP contribution is -2.14. The molecule has 0 amide bonds. The van der Waals surface area contributed by atoms with Crippen molar-refractivity contribution in [1.29, 1.82) is 0 Å². The van der Waals surface area contributed by atoms with Gasteiger partial charge in [-0.15, -0.1) is 11.8 Å². The fourth-order valence-electron chi connectivity index (χ4n) is 1.41. The van der Waals surface area contributed by atoms with Crippen LogP contribution < -0.4 is 5.73 Å². The van der Waals surface area contributed by atoms with Crippen LogP contribution in [0.4, 0.5) is 5.69 Å². The Bertz CT molecular complexity index is 447. The summed E-state index contributed by atoms with van der Waals surface area (Å²) < 4.78 is 5.15. The predicted molar refractivity (Wildman–Crippen MR) is 77.4 cm³/mol. The first kappa shape index (κ1) is 15.2. The minimum atomic E-state index is -0.473. The van der Waals surface area contributed by atoms with Crippen LogP contribution in [0.1, 0.15) is 38.1 Å². The van der Waals surface area contributed by atoms with Gasteiger partial charge in [-0.2, -0.15) is 0 Å². The maximum absolute atomic E-state index is 11.9. The molecule has 1 aromatic carbocycles. The number of anilines is 1. The lowest BCUT2D eigenvalue weighted by Gasteiger charge is -2.14. The van der Waals surface area contributed by atoms with Crippen LogP contribution in [-0.2, 0) is 4.74 Å². The van der Waals surface area contributed by atoms with Crippen LogP contribution in [0.3, 0.4) is 0 Å². The Morgan fingerprint density at radius 1 is 1.33 bits per heavy atom. The van der Waals surface area contributed by atoms with E-state index in [4.69, 9.17) is 22.1 Å². The first-order chi connectivity index (χ1) is 8.32. The standard InChI is InChI=1S/C13H18ClNO2S/c1-7(2)17-13(16)11-9(14)5-6-10(12(11)15)18-8(3)4/h5-8H,15H2,1-4H3. The zero-order valence-corrected chi connectivity index (χ0v) is 12.6. The molecule has 0 unspecified atom stereocenters. The Kier molecular flexibility index (Phi) is 5.35. The van der Waals surface area contributed by atoms with Crippen LogP contribution >= 0.6 is 23.4 Å². The monoisotopic (exact) mass is 287 g/mol. The van der Waals surface area contributed by atoms with Crippen LogP contribution in [0.2, 0.25) is 5.02 Å². The van der Waals surface area contributed by atoms with Gasteiger partial charge in [0.2, 0.25) is 0 Å². The van der Waals surface area contributed by atoms with Gasteiger partial charge in [0, 0.05) is 10.1 Å². The van der Waals surface area contributed by atoms with Gasteiger partial charge in [-0.3, -0.25) is 0 Å². The third-order valence-corrected chi connectivity index (χ3v) is 3.46. The average Bonchev–Trinajstić information content (AvgIpc) is 2.21. The molecule has 5 heteroatoms. The summed E-state index contributed by atoms with van der Waals surface area (Å²) in [5, 5.41) is 0.703. The highest BCUT2D eigenvalue weighted by atomic mass is 35.5. The molecule has 2 N–H and O–H groups in total. The fourth-order valence-corrected chi connectivity index (χ4v) is 2.54. The van der Waals surface area contributed by atoms with E-state index in [0.717, 1.165) is 4.90 Å². The first-order valence-corrected chi connectivity index (χ1v) is 7.04. The maximum atomic E-state index is 11.9. The van der Waals surface area contributed by atoms with E-state index in [2.05, 4.69) is 13.8 Å². The molecule has 1 aromatic rings. The molecular weight excluding hydrogens is 270 g/mol. The molecule has 0 saturated carbocycles. The molecule has 0 aliphatic heterocycles. The topological polar surface area (TPSA) is 52.3 Å². The molecule has 0 radical (unpaired) electrons. The van der Waals surface area contributed by atoms with Crippen molar-refractivity contribution in [3.8, 4) is 0 Å². The zero-order chi connectivity index (χ0) is 13.9. The van der Waals surface area contributed by atoms with Crippen LogP contribution in [-0.4, -0.2) is 17.3 Å². The predicted octanol–water partition coefficient (Wildman–Crippen LogP) is 3.99. The Morgan fingerprint density at radius 3 is 2.44 bits per heavy atom. The number of carbonyl (C=O) groups is 1. The summed E-state index contributed by atoms with van der Waals surface area (Å²) in [5.74, 6) is -0.473. The fraction of sp³-hybridized carbons (Fsp3) is 0.462. The van der Waals surface area contributed by atoms with Crippen molar-refractivity contribution in [3.63, 3.8) is 0 Å². The molecule has 0 heterocycles. The highest BCUT2D eigenvalue weighted by molar-refractivity contribution is 8.00. The van der Waals surface area contributed by atoms with Gasteiger partial charge in [0.25, 0.3) is 0 Å². The number of ether oxygens (including phenoxy) is 1. The third kappa shape index (κ3) is 3.82. The summed E-state index contributed by atoms with van der Waals surface area (Å²) >= 11 is 7.62. The van der Waals surface area contributed by atoms with Gasteiger partial charge in [-0.25, -0.2) is 4.79 Å². The molecule has 0 atom stereocenters. The Hall–Kier alpha value is -0.870. The normalized spacial score (nSPS) is 11.1. The van der Waals surface area contributed by atoms with Crippen molar-refractivity contribution in [1.82, 2.24) is 0 Å². The molecule has 0 aliphatic rings. The number of halogens is 1. The SMILES string of the molecule is CC(C)OC(=O)c1c(Cl)ccc(SC(C)C)c1N. The van der Waals surface area contributed by atoms with E-state index in [1.165, 1.54) is 0 Å². The lowest BCUT2D eigenvalue weighted by molar-refractivity contribution is 0.0379. The van der Waals surface area contributed by atoms with Crippen molar-refractivity contribution in [2.24, 2.45) is 0 Å². The van der Waals surface area contributed by atoms with Crippen molar-refractivity contribution < 1.29 is 9.53 Å². The second-order valence-electron chi connectivity index (χ2n) is 4.45. The summed E-state index contributed by atoms with van der Waals surface area (Å²) in [5.41, 5.74) is 6.66. The van der Waals surface area contributed by atoms with Gasteiger partial charge >= 0.3 is 5.97 Å². The summed E-state index contributed by atoms with van der Waals surface area (Å²) in [6.45, 7) is 7.69. The summed E-state index contributed by atoms with van der Waals surface area (Å²) in [6.07, 6.45) is -0.200. The van der Waals surface area contributed by atoms with Crippen LogP contribution in [0.5, 0.6) is 0 Å². The molecular formula is C13H18ClNO2S. The zero-order valence-electron chi connectivity index (χ0n) is 11.0. The van der Waals surface area contributed by atoms with E-state index in [0.29, 0.717) is 16.0 Å². The van der Waals surface area contributed by atoms with Gasteiger partial charge in [0.05, 0.1) is 16.8 Å². The van der Waals surface area contributed by atoms with Crippen LogP contribution in [0.15, 0.2) is 17.0 Å². The number of hydrogen-bond acceptors (Lipinski definition) is 4. The van der Waals surface area contributed by atoms with E-state index in [1.807, 2.05) is 6.07 Å². The van der Waals surface area contributed by atoms with E-state index in [-0.39, 0.29) is 11.7 Å². The van der Waals surface area contributed by atoms with Crippen LogP contribution in [0.25, 0.3) is 0 Å². The summed E-state index contributed by atoms with van der Waals surface area (Å²) in [7, 11) is 0. The molecule has 1 rings (SSSR count). The first-order valence-electron chi connectivity index (χ1n) is 5.78. The largest absolute Gasteiger partial charge is 0.459 e. The number of hydrogen-bond donors (Lipinski definition) is 1. The number of thioether (sulfide) groups is 1. The van der Waals surface area contributed by atoms with Crippen molar-refractivity contribution in [3.05, 3.63) is 22.7 Å². The number of rotatable bonds is 4. The van der Waals surface area contributed by atoms with E-state index < -0.39 is 5.97 Å². The Labute approximate surface area is 117 Å². The number of nitrogens with two attached hydrogens (primary N) is 1. The van der Waals surface area contributed by atoms with Crippen molar-refractivity contribution in [2.45, 2.75) is 43.9 Å². The highest BCUT2D eigenvalue weighted by Crippen LogP contribution is 2.35. The molecule has 3 nitrogen and oxygen atoms in total. The van der Waals surface area contributed by atoms with E-state index >= 15 is 0 Å². The van der Waals surface area contributed by atoms with Gasteiger partial charge < -0.3 is 10.5 Å². The molecule has 0 bridgehead atoms. The van der Waals surface area contributed by atoms with Crippen LogP contribution in [0, 0.1) is 0 Å². The van der Waals surface area contributed by atoms with Crippen molar-refractivity contribution in [2.75, 3.05) is 5.73 Å². The number of esters is 1. The van der Waals surface area contributed by atoms with Crippen molar-refractivity contribution >= 4 is 35.0 Å². The van der Waals surface area contributed by atoms with Gasteiger partial charge in [0.1, 0.15) is 5.56 Å². The lowest BCUT2D eigenvalue weighted by atomic mass is 10.2. The molecule has 0 aromatic heterocycles.